The van der Waals surface area contributed by atoms with Crippen molar-refractivity contribution in [1.82, 2.24) is 0 Å². The van der Waals surface area contributed by atoms with Crippen molar-refractivity contribution in [2.45, 2.75) is 77.6 Å². The number of benzene rings is 1. The molecule has 1 aromatic rings. The van der Waals surface area contributed by atoms with Crippen LogP contribution in [0, 0.1) is 0 Å². The van der Waals surface area contributed by atoms with Crippen LogP contribution in [0.5, 0.6) is 5.75 Å². The first-order valence-electron chi connectivity index (χ1n) is 9.78. The van der Waals surface area contributed by atoms with Gasteiger partial charge in [-0.25, -0.2) is 0 Å². The monoisotopic (exact) mass is 378 g/mol. The molecule has 3 nitrogen and oxygen atoms in total. The Morgan fingerprint density at radius 3 is 1.88 bits per heavy atom. The third-order valence-electron chi connectivity index (χ3n) is 5.58. The number of ether oxygens (including phenoxy) is 1. The molecule has 0 bridgehead atoms. The number of hydrogen-bond donors (Lipinski definition) is 1. The molecule has 1 N–H and O–H groups in total. The maximum atomic E-state index is 10.7. The average molecular weight is 379 g/mol. The highest BCUT2D eigenvalue weighted by Gasteiger charge is 2.45. The van der Waals surface area contributed by atoms with Crippen molar-refractivity contribution in [3.8, 4) is 5.75 Å². The first-order chi connectivity index (χ1) is 12.2. The summed E-state index contributed by atoms with van der Waals surface area (Å²) in [6.07, 6.45) is 2.08. The molecule has 26 heavy (non-hydrogen) atoms. The van der Waals surface area contributed by atoms with Gasteiger partial charge in [-0.3, -0.25) is 0 Å². The van der Waals surface area contributed by atoms with Gasteiger partial charge in [-0.05, 0) is 46.8 Å². The zero-order valence-electron chi connectivity index (χ0n) is 17.9. The summed E-state index contributed by atoms with van der Waals surface area (Å²) in [5.41, 5.74) is 3.69. The molecule has 0 fully saturated rings. The van der Waals surface area contributed by atoms with E-state index in [-0.39, 0.29) is 0 Å². The summed E-state index contributed by atoms with van der Waals surface area (Å²) in [4.78, 5) is 0. The van der Waals surface area contributed by atoms with Gasteiger partial charge < -0.3 is 14.3 Å². The van der Waals surface area contributed by atoms with Crippen LogP contribution in [0.4, 0.5) is 0 Å². The number of aliphatic hydroxyl groups is 1. The molecule has 0 amide bonds. The van der Waals surface area contributed by atoms with Gasteiger partial charge >= 0.3 is 0 Å². The first-order valence-corrected chi connectivity index (χ1v) is 11.9. The molecule has 0 spiro atoms. The molecule has 1 aromatic carbocycles. The summed E-state index contributed by atoms with van der Waals surface area (Å²) in [6, 6.07) is 7.88. The zero-order chi connectivity index (χ0) is 19.9. The highest BCUT2D eigenvalue weighted by atomic mass is 28.4. The Kier molecular flexibility index (Phi) is 9.08. The molecule has 4 heteroatoms. The lowest BCUT2D eigenvalue weighted by Gasteiger charge is -2.42. The quantitative estimate of drug-likeness (QED) is 0.417. The Hall–Kier alpha value is -1.10. The first kappa shape index (κ1) is 22.9. The lowest BCUT2D eigenvalue weighted by atomic mass is 10.0. The summed E-state index contributed by atoms with van der Waals surface area (Å²) < 4.78 is 11.8. The van der Waals surface area contributed by atoms with Crippen LogP contribution in [0.25, 0.3) is 0 Å². The number of hydrogen-bond acceptors (Lipinski definition) is 3. The van der Waals surface area contributed by atoms with Crippen LogP contribution < -0.4 is 4.74 Å². The van der Waals surface area contributed by atoms with Gasteiger partial charge in [0, 0.05) is 6.42 Å². The molecule has 0 aromatic heterocycles. The Morgan fingerprint density at radius 1 is 1.00 bits per heavy atom. The van der Waals surface area contributed by atoms with Gasteiger partial charge in [0.05, 0.1) is 19.8 Å². The van der Waals surface area contributed by atoms with E-state index in [4.69, 9.17) is 9.16 Å². The van der Waals surface area contributed by atoms with E-state index in [1.165, 1.54) is 0 Å². The van der Waals surface area contributed by atoms with Gasteiger partial charge in [0.25, 0.3) is 0 Å². The normalized spacial score (nSPS) is 14.4. The van der Waals surface area contributed by atoms with E-state index >= 15 is 0 Å². The number of aliphatic hydroxyl groups excluding tert-OH is 1. The lowest BCUT2D eigenvalue weighted by Crippen LogP contribution is -2.48. The molecule has 0 saturated heterocycles. The largest absolute Gasteiger partial charge is 0.497 e. The van der Waals surface area contributed by atoms with Crippen LogP contribution >= 0.6 is 0 Å². The third-order valence-corrected chi connectivity index (χ3v) is 11.6. The molecule has 148 valence electrons. The standard InChI is InChI=1S/C22H38O3Si/c1-9-20(15-25-26(16(2)3,17(4)5)18(6)7)22(23)14-19-10-12-21(24-8)13-11-19/h9-13,16-18,22-23H,14-15H2,1-8H3/b20-9-. The second-order valence-electron chi connectivity index (χ2n) is 8.04. The van der Waals surface area contributed by atoms with Crippen molar-refractivity contribution >= 4 is 8.32 Å². The number of rotatable bonds is 10. The molecule has 0 aliphatic rings. The van der Waals surface area contributed by atoms with Crippen LogP contribution in [0.1, 0.15) is 54.0 Å². The fourth-order valence-corrected chi connectivity index (χ4v) is 9.61. The summed E-state index contributed by atoms with van der Waals surface area (Å²) in [6.45, 7) is 16.2. The predicted octanol–water partition coefficient (Wildman–Crippen LogP) is 5.74. The maximum absolute atomic E-state index is 10.7. The number of methoxy groups -OCH3 is 1. The lowest BCUT2D eigenvalue weighted by molar-refractivity contribution is 0.186. The summed E-state index contributed by atoms with van der Waals surface area (Å²) in [5, 5.41) is 10.7. The molecule has 0 saturated carbocycles. The van der Waals surface area contributed by atoms with Crippen LogP contribution in [-0.2, 0) is 10.8 Å². The third kappa shape index (κ3) is 5.45. The molecule has 1 atom stereocenters. The minimum absolute atomic E-state index is 0.522. The summed E-state index contributed by atoms with van der Waals surface area (Å²) in [7, 11) is -0.265. The second-order valence-corrected chi connectivity index (χ2v) is 13.5. The molecule has 0 heterocycles. The molecular formula is C22H38O3Si. The number of allylic oxidation sites excluding steroid dienone is 1. The van der Waals surface area contributed by atoms with Crippen LogP contribution in [0.3, 0.4) is 0 Å². The van der Waals surface area contributed by atoms with E-state index in [9.17, 15) is 5.11 Å². The molecule has 0 aliphatic heterocycles. The SMILES string of the molecule is C/C=C(/CO[Si](C(C)C)(C(C)C)C(C)C)C(O)Cc1ccc(OC)cc1. The topological polar surface area (TPSA) is 38.7 Å². The van der Waals surface area contributed by atoms with E-state index in [0.29, 0.717) is 29.7 Å². The van der Waals surface area contributed by atoms with Gasteiger partial charge in [0.2, 0.25) is 8.32 Å². The Labute approximate surface area is 161 Å². The van der Waals surface area contributed by atoms with Gasteiger partial charge in [-0.2, -0.15) is 0 Å². The summed E-state index contributed by atoms with van der Waals surface area (Å²) in [5.74, 6) is 0.833. The Morgan fingerprint density at radius 2 is 1.50 bits per heavy atom. The van der Waals surface area contributed by atoms with Crippen molar-refractivity contribution in [3.63, 3.8) is 0 Å². The minimum Gasteiger partial charge on any atom is -0.497 e. The van der Waals surface area contributed by atoms with E-state index in [1.54, 1.807) is 7.11 Å². The fraction of sp³-hybridized carbons (Fsp3) is 0.636. The van der Waals surface area contributed by atoms with E-state index in [1.807, 2.05) is 37.3 Å². The molecular weight excluding hydrogens is 340 g/mol. The van der Waals surface area contributed by atoms with Crippen molar-refractivity contribution in [3.05, 3.63) is 41.5 Å². The van der Waals surface area contributed by atoms with E-state index in [0.717, 1.165) is 16.9 Å². The fourth-order valence-electron chi connectivity index (χ4n) is 4.20. The van der Waals surface area contributed by atoms with E-state index in [2.05, 4.69) is 41.5 Å². The average Bonchev–Trinajstić information content (AvgIpc) is 2.58. The summed E-state index contributed by atoms with van der Waals surface area (Å²) >= 11 is 0. The molecule has 1 unspecified atom stereocenters. The smallest absolute Gasteiger partial charge is 0.200 e. The molecule has 0 radical (unpaired) electrons. The van der Waals surface area contributed by atoms with Gasteiger partial charge in [-0.1, -0.05) is 59.8 Å². The van der Waals surface area contributed by atoms with Crippen LogP contribution in [0.2, 0.25) is 16.6 Å². The molecule has 1 rings (SSSR count). The minimum atomic E-state index is -1.93. The van der Waals surface area contributed by atoms with Crippen LogP contribution in [0.15, 0.2) is 35.9 Å². The van der Waals surface area contributed by atoms with Crippen molar-refractivity contribution in [1.29, 1.82) is 0 Å². The highest BCUT2D eigenvalue weighted by Crippen LogP contribution is 2.42. The van der Waals surface area contributed by atoms with Crippen molar-refractivity contribution < 1.29 is 14.3 Å². The van der Waals surface area contributed by atoms with Gasteiger partial charge in [-0.15, -0.1) is 0 Å². The van der Waals surface area contributed by atoms with Crippen molar-refractivity contribution in [2.24, 2.45) is 0 Å². The Balaban J connectivity index is 2.84. The van der Waals surface area contributed by atoms with Gasteiger partial charge in [0.15, 0.2) is 0 Å². The molecule has 0 aliphatic carbocycles. The van der Waals surface area contributed by atoms with Gasteiger partial charge in [0.1, 0.15) is 5.75 Å². The second kappa shape index (κ2) is 10.3. The van der Waals surface area contributed by atoms with Crippen molar-refractivity contribution in [2.75, 3.05) is 13.7 Å². The Bertz CT molecular complexity index is 539. The zero-order valence-corrected chi connectivity index (χ0v) is 18.9. The van der Waals surface area contributed by atoms with Crippen LogP contribution in [-0.4, -0.2) is 33.2 Å². The highest BCUT2D eigenvalue weighted by molar-refractivity contribution is 6.77. The maximum Gasteiger partial charge on any atom is 0.200 e. The van der Waals surface area contributed by atoms with E-state index < -0.39 is 14.4 Å². The predicted molar refractivity (Wildman–Crippen MR) is 113 cm³/mol.